The van der Waals surface area contributed by atoms with Crippen molar-refractivity contribution in [2.75, 3.05) is 13.2 Å². The van der Waals surface area contributed by atoms with E-state index in [4.69, 9.17) is 18.9 Å². The minimum Gasteiger partial charge on any atom is -0.504 e. The molecule has 0 aliphatic carbocycles. The van der Waals surface area contributed by atoms with Gasteiger partial charge in [0.15, 0.2) is 52.1 Å². The highest BCUT2D eigenvalue weighted by molar-refractivity contribution is 5.95. The molecule has 1 saturated heterocycles. The van der Waals surface area contributed by atoms with Crippen LogP contribution in [0.2, 0.25) is 0 Å². The lowest BCUT2D eigenvalue weighted by Crippen LogP contribution is -2.55. The van der Waals surface area contributed by atoms with Gasteiger partial charge in [0.25, 0.3) is 0 Å². The maximum atomic E-state index is 12.6. The molecule has 0 aromatic heterocycles. The number of benzene rings is 3. The van der Waals surface area contributed by atoms with E-state index in [-0.39, 0.29) is 0 Å². The number of esters is 3. The van der Waals surface area contributed by atoms with Gasteiger partial charge in [-0.3, -0.25) is 0 Å². The van der Waals surface area contributed by atoms with Crippen molar-refractivity contribution in [2.45, 2.75) is 24.4 Å². The van der Waals surface area contributed by atoms with Gasteiger partial charge in [0.2, 0.25) is 5.75 Å². The molecule has 1 aliphatic rings. The average Bonchev–Trinajstić information content (AvgIpc) is 2.97. The molecule has 0 bridgehead atoms. The van der Waals surface area contributed by atoms with Crippen LogP contribution in [0.25, 0.3) is 0 Å². The Morgan fingerprint density at radius 3 is 1.61 bits per heavy atom. The van der Waals surface area contributed by atoms with E-state index >= 15 is 0 Å². The maximum absolute atomic E-state index is 12.6. The molecule has 4 atom stereocenters. The Morgan fingerprint density at radius 2 is 1.09 bits per heavy atom. The van der Waals surface area contributed by atoms with Crippen molar-refractivity contribution >= 4 is 17.9 Å². The number of phenols is 8. The van der Waals surface area contributed by atoms with Gasteiger partial charge in [-0.1, -0.05) is 0 Å². The average molecular weight is 620 g/mol. The largest absolute Gasteiger partial charge is 0.504 e. The molecule has 10 N–H and O–H groups in total. The number of hydrogen-bond acceptors (Lipinski definition) is 17. The molecule has 0 saturated carbocycles. The van der Waals surface area contributed by atoms with Crippen LogP contribution in [-0.2, 0) is 14.2 Å². The molecule has 44 heavy (non-hydrogen) atoms. The van der Waals surface area contributed by atoms with E-state index in [1.807, 2.05) is 0 Å². The third-order valence-electron chi connectivity index (χ3n) is 6.33. The lowest BCUT2D eigenvalue weighted by molar-refractivity contribution is -0.196. The summed E-state index contributed by atoms with van der Waals surface area (Å²) in [6, 6.07) is 4.63. The lowest BCUT2D eigenvalue weighted by atomic mass is 10.0. The maximum Gasteiger partial charge on any atom is 0.343 e. The molecule has 17 heteroatoms. The molecule has 0 radical (unpaired) electrons. The molecule has 1 fully saturated rings. The van der Waals surface area contributed by atoms with Crippen LogP contribution in [0.1, 0.15) is 31.1 Å². The first-order valence-electron chi connectivity index (χ1n) is 12.3. The standard InChI is InChI=1S/C27H24O17/c28-12-1-9(2-13(29)20(12)33)26(39)43-17-6-11(5-16(32)22(17)35)25(38)42-7-18-23(36)24(37)19(8-41-18)44-27(40)10-3-14(30)21(34)15(31)4-10/h1-6,18-19,23-24,28-37H,7-8H2. The highest BCUT2D eigenvalue weighted by Gasteiger charge is 2.41. The Balaban J connectivity index is 1.38. The summed E-state index contributed by atoms with van der Waals surface area (Å²) < 4.78 is 20.4. The molecular formula is C27H24O17. The number of carbonyl (C=O) groups is 3. The number of ether oxygens (including phenoxy) is 4. The SMILES string of the molecule is O=C(OCC1OCC(OC(=O)c2cc(O)c(O)c(O)c2)C(O)C1O)c1cc(O)c(O)c(OC(=O)c2cc(O)c(O)c(O)c2)c1. The molecule has 0 spiro atoms. The summed E-state index contributed by atoms with van der Waals surface area (Å²) in [6.45, 7) is -1.18. The van der Waals surface area contributed by atoms with Gasteiger partial charge in [0, 0.05) is 0 Å². The van der Waals surface area contributed by atoms with E-state index in [1.165, 1.54) is 0 Å². The first-order valence-corrected chi connectivity index (χ1v) is 12.3. The van der Waals surface area contributed by atoms with E-state index in [0.29, 0.717) is 0 Å². The van der Waals surface area contributed by atoms with Crippen molar-refractivity contribution in [3.05, 3.63) is 53.1 Å². The Bertz CT molecular complexity index is 1570. The van der Waals surface area contributed by atoms with Gasteiger partial charge in [-0.15, -0.1) is 0 Å². The topological polar surface area (TPSA) is 290 Å². The lowest BCUT2D eigenvalue weighted by Gasteiger charge is -2.36. The summed E-state index contributed by atoms with van der Waals surface area (Å²) >= 11 is 0. The zero-order valence-corrected chi connectivity index (χ0v) is 22.0. The van der Waals surface area contributed by atoms with Crippen LogP contribution in [0, 0.1) is 0 Å². The summed E-state index contributed by atoms with van der Waals surface area (Å²) in [4.78, 5) is 37.4. The number of carbonyl (C=O) groups excluding carboxylic acids is 3. The number of aliphatic hydroxyl groups is 2. The van der Waals surface area contributed by atoms with Crippen molar-refractivity contribution in [1.29, 1.82) is 0 Å². The highest BCUT2D eigenvalue weighted by Crippen LogP contribution is 2.39. The van der Waals surface area contributed by atoms with Crippen LogP contribution in [0.3, 0.4) is 0 Å². The summed E-state index contributed by atoms with van der Waals surface area (Å²) in [5.41, 5.74) is -1.33. The highest BCUT2D eigenvalue weighted by atomic mass is 16.6. The number of phenolic OH excluding ortho intramolecular Hbond substituents is 8. The van der Waals surface area contributed by atoms with Gasteiger partial charge in [0.1, 0.15) is 24.9 Å². The molecular weight excluding hydrogens is 596 g/mol. The Labute approximate surface area is 245 Å². The zero-order chi connectivity index (χ0) is 32.5. The first kappa shape index (κ1) is 31.3. The summed E-state index contributed by atoms with van der Waals surface area (Å²) in [7, 11) is 0. The summed E-state index contributed by atoms with van der Waals surface area (Å²) in [6.07, 6.45) is -6.30. The third kappa shape index (κ3) is 6.38. The van der Waals surface area contributed by atoms with E-state index in [9.17, 15) is 65.4 Å². The fourth-order valence-electron chi connectivity index (χ4n) is 3.94. The van der Waals surface area contributed by atoms with E-state index < -0.39 is 124 Å². The van der Waals surface area contributed by atoms with Gasteiger partial charge >= 0.3 is 17.9 Å². The van der Waals surface area contributed by atoms with Crippen molar-refractivity contribution in [3.8, 4) is 51.7 Å². The smallest absolute Gasteiger partial charge is 0.343 e. The predicted octanol–water partition coefficient (Wildman–Crippen LogP) is 0.0536. The number of rotatable bonds is 7. The van der Waals surface area contributed by atoms with Gasteiger partial charge in [-0.25, -0.2) is 14.4 Å². The molecule has 3 aromatic rings. The van der Waals surface area contributed by atoms with Gasteiger partial charge in [0.05, 0.1) is 23.3 Å². The quantitative estimate of drug-likeness (QED) is 0.0948. The number of aromatic hydroxyl groups is 8. The number of hydrogen-bond donors (Lipinski definition) is 10. The second-order valence-corrected chi connectivity index (χ2v) is 9.35. The predicted molar refractivity (Wildman–Crippen MR) is 139 cm³/mol. The second-order valence-electron chi connectivity index (χ2n) is 9.35. The fraction of sp³-hybridized carbons (Fsp3) is 0.222. The van der Waals surface area contributed by atoms with Crippen molar-refractivity contribution in [3.63, 3.8) is 0 Å². The van der Waals surface area contributed by atoms with Crippen molar-refractivity contribution in [2.24, 2.45) is 0 Å². The Hall–Kier alpha value is -5.65. The Morgan fingerprint density at radius 1 is 0.636 bits per heavy atom. The zero-order valence-electron chi connectivity index (χ0n) is 22.0. The van der Waals surface area contributed by atoms with Gasteiger partial charge in [-0.2, -0.15) is 0 Å². The van der Waals surface area contributed by atoms with E-state index in [0.717, 1.165) is 36.4 Å². The molecule has 1 aliphatic heterocycles. The van der Waals surface area contributed by atoms with Gasteiger partial charge in [-0.05, 0) is 36.4 Å². The minimum atomic E-state index is -1.76. The molecule has 17 nitrogen and oxygen atoms in total. The fourth-order valence-corrected chi connectivity index (χ4v) is 3.94. The summed E-state index contributed by atoms with van der Waals surface area (Å²) in [5.74, 6) is -11.3. The van der Waals surface area contributed by atoms with Crippen LogP contribution in [0.15, 0.2) is 36.4 Å². The molecule has 4 rings (SSSR count). The van der Waals surface area contributed by atoms with E-state index in [2.05, 4.69) is 0 Å². The molecule has 3 aromatic carbocycles. The molecule has 4 unspecified atom stereocenters. The normalized spacial score (nSPS) is 19.6. The summed E-state index contributed by atoms with van der Waals surface area (Å²) in [5, 5.41) is 98.1. The van der Waals surface area contributed by atoms with Crippen LogP contribution in [-0.4, -0.2) is 107 Å². The van der Waals surface area contributed by atoms with Crippen LogP contribution in [0.4, 0.5) is 0 Å². The minimum absolute atomic E-state index is 0.392. The van der Waals surface area contributed by atoms with Gasteiger partial charge < -0.3 is 70.0 Å². The second kappa shape index (κ2) is 12.3. The molecule has 1 heterocycles. The number of aliphatic hydroxyl groups excluding tert-OH is 2. The van der Waals surface area contributed by atoms with Crippen LogP contribution >= 0.6 is 0 Å². The Kier molecular flexibility index (Phi) is 8.74. The van der Waals surface area contributed by atoms with Crippen LogP contribution < -0.4 is 4.74 Å². The van der Waals surface area contributed by atoms with E-state index in [1.54, 1.807) is 0 Å². The van der Waals surface area contributed by atoms with Crippen LogP contribution in [0.5, 0.6) is 51.7 Å². The molecule has 234 valence electrons. The molecule has 0 amide bonds. The first-order chi connectivity index (χ1) is 20.7. The third-order valence-corrected chi connectivity index (χ3v) is 6.33. The van der Waals surface area contributed by atoms with Crippen molar-refractivity contribution in [1.82, 2.24) is 0 Å². The van der Waals surface area contributed by atoms with Crippen molar-refractivity contribution < 1.29 is 84.4 Å². The monoisotopic (exact) mass is 620 g/mol.